The second-order valence-electron chi connectivity index (χ2n) is 5.77. The molecule has 1 aromatic carbocycles. The average Bonchev–Trinajstić information content (AvgIpc) is 2.29. The largest absolute Gasteiger partial charge is 0.330 e. The number of aryl methyl sites for hydroxylation is 2. The maximum Gasteiger partial charge on any atom is 0.0325 e. The molecular weight excluding hydrogens is 208 g/mol. The quantitative estimate of drug-likeness (QED) is 0.822. The van der Waals surface area contributed by atoms with E-state index in [-0.39, 0.29) is 5.41 Å². The van der Waals surface area contributed by atoms with Crippen LogP contribution in [0, 0.1) is 19.3 Å². The van der Waals surface area contributed by atoms with Crippen molar-refractivity contribution in [1.82, 2.24) is 5.32 Å². The van der Waals surface area contributed by atoms with Gasteiger partial charge in [-0.3, -0.25) is 0 Å². The summed E-state index contributed by atoms with van der Waals surface area (Å²) in [5.74, 6) is 0. The Morgan fingerprint density at radius 1 is 1.29 bits per heavy atom. The topological polar surface area (TPSA) is 38.0 Å². The molecule has 2 heteroatoms. The van der Waals surface area contributed by atoms with Gasteiger partial charge in [0.05, 0.1) is 0 Å². The molecule has 0 heterocycles. The Labute approximate surface area is 106 Å². The van der Waals surface area contributed by atoms with Crippen LogP contribution in [-0.4, -0.2) is 13.6 Å². The monoisotopic (exact) mass is 234 g/mol. The SMILES string of the molecule is CNC(CC(C)(C)CN)c1cc(C)ccc1C. The first-order valence-corrected chi connectivity index (χ1v) is 6.34. The van der Waals surface area contributed by atoms with E-state index in [1.165, 1.54) is 16.7 Å². The zero-order valence-corrected chi connectivity index (χ0v) is 11.8. The van der Waals surface area contributed by atoms with Crippen molar-refractivity contribution in [2.24, 2.45) is 11.1 Å². The Morgan fingerprint density at radius 3 is 2.47 bits per heavy atom. The molecule has 17 heavy (non-hydrogen) atoms. The number of nitrogens with two attached hydrogens (primary N) is 1. The normalized spacial score (nSPS) is 13.8. The summed E-state index contributed by atoms with van der Waals surface area (Å²) >= 11 is 0. The van der Waals surface area contributed by atoms with E-state index in [2.05, 4.69) is 51.2 Å². The van der Waals surface area contributed by atoms with Crippen LogP contribution in [-0.2, 0) is 0 Å². The molecule has 0 spiro atoms. The van der Waals surface area contributed by atoms with Crippen molar-refractivity contribution in [2.75, 3.05) is 13.6 Å². The smallest absolute Gasteiger partial charge is 0.0325 e. The number of nitrogens with one attached hydrogen (secondary N) is 1. The van der Waals surface area contributed by atoms with Gasteiger partial charge in [0, 0.05) is 6.04 Å². The van der Waals surface area contributed by atoms with Crippen LogP contribution >= 0.6 is 0 Å². The zero-order chi connectivity index (χ0) is 13.1. The molecule has 2 nitrogen and oxygen atoms in total. The molecule has 0 aliphatic heterocycles. The summed E-state index contributed by atoms with van der Waals surface area (Å²) in [5, 5.41) is 3.42. The maximum atomic E-state index is 5.83. The third-order valence-electron chi connectivity index (χ3n) is 3.47. The van der Waals surface area contributed by atoms with E-state index in [0.717, 1.165) is 13.0 Å². The number of rotatable bonds is 5. The zero-order valence-electron chi connectivity index (χ0n) is 11.8. The summed E-state index contributed by atoms with van der Waals surface area (Å²) in [6, 6.07) is 7.03. The predicted octanol–water partition coefficient (Wildman–Crippen LogP) is 2.94. The second-order valence-corrected chi connectivity index (χ2v) is 5.77. The minimum Gasteiger partial charge on any atom is -0.330 e. The number of hydrogen-bond acceptors (Lipinski definition) is 2. The summed E-state index contributed by atoms with van der Waals surface area (Å²) in [6.45, 7) is 9.49. The van der Waals surface area contributed by atoms with Gasteiger partial charge in [0.15, 0.2) is 0 Å². The van der Waals surface area contributed by atoms with Crippen LogP contribution in [0.4, 0.5) is 0 Å². The molecule has 0 saturated heterocycles. The van der Waals surface area contributed by atoms with E-state index >= 15 is 0 Å². The van der Waals surface area contributed by atoms with Gasteiger partial charge < -0.3 is 11.1 Å². The lowest BCUT2D eigenvalue weighted by atomic mass is 9.82. The van der Waals surface area contributed by atoms with Crippen molar-refractivity contribution in [3.63, 3.8) is 0 Å². The third-order valence-corrected chi connectivity index (χ3v) is 3.47. The lowest BCUT2D eigenvalue weighted by molar-refractivity contribution is 0.298. The van der Waals surface area contributed by atoms with Crippen molar-refractivity contribution < 1.29 is 0 Å². The Balaban J connectivity index is 2.97. The lowest BCUT2D eigenvalue weighted by Gasteiger charge is -2.29. The Kier molecular flexibility index (Phi) is 4.72. The summed E-state index contributed by atoms with van der Waals surface area (Å²) in [4.78, 5) is 0. The minimum atomic E-state index is 0.170. The van der Waals surface area contributed by atoms with Gasteiger partial charge in [-0.2, -0.15) is 0 Å². The molecule has 1 aromatic rings. The summed E-state index contributed by atoms with van der Waals surface area (Å²) in [6.07, 6.45) is 1.06. The van der Waals surface area contributed by atoms with E-state index < -0.39 is 0 Å². The van der Waals surface area contributed by atoms with Gasteiger partial charge in [0.2, 0.25) is 0 Å². The Hall–Kier alpha value is -0.860. The van der Waals surface area contributed by atoms with Crippen LogP contribution in [0.2, 0.25) is 0 Å². The van der Waals surface area contributed by atoms with Crippen LogP contribution < -0.4 is 11.1 Å². The van der Waals surface area contributed by atoms with E-state index in [9.17, 15) is 0 Å². The van der Waals surface area contributed by atoms with Crippen molar-refractivity contribution in [3.05, 3.63) is 34.9 Å². The lowest BCUT2D eigenvalue weighted by Crippen LogP contribution is -2.30. The first kappa shape index (κ1) is 14.2. The molecule has 1 atom stereocenters. The highest BCUT2D eigenvalue weighted by Crippen LogP contribution is 2.30. The fourth-order valence-corrected chi connectivity index (χ4v) is 2.14. The number of benzene rings is 1. The van der Waals surface area contributed by atoms with Crippen LogP contribution in [0.1, 0.15) is 43.0 Å². The standard InChI is InChI=1S/C15H26N2/c1-11-6-7-12(2)13(8-11)14(17-5)9-15(3,4)10-16/h6-8,14,17H,9-10,16H2,1-5H3. The molecular formula is C15H26N2. The molecule has 0 amide bonds. The first-order chi connectivity index (χ1) is 7.89. The van der Waals surface area contributed by atoms with Gasteiger partial charge in [-0.15, -0.1) is 0 Å². The minimum absolute atomic E-state index is 0.170. The van der Waals surface area contributed by atoms with E-state index in [1.807, 2.05) is 7.05 Å². The molecule has 0 bridgehead atoms. The van der Waals surface area contributed by atoms with Gasteiger partial charge in [-0.05, 0) is 50.4 Å². The van der Waals surface area contributed by atoms with E-state index in [0.29, 0.717) is 6.04 Å². The van der Waals surface area contributed by atoms with Gasteiger partial charge >= 0.3 is 0 Å². The van der Waals surface area contributed by atoms with Gasteiger partial charge in [0.25, 0.3) is 0 Å². The molecule has 0 aliphatic rings. The maximum absolute atomic E-state index is 5.83. The highest BCUT2D eigenvalue weighted by molar-refractivity contribution is 5.33. The van der Waals surface area contributed by atoms with Crippen molar-refractivity contribution in [2.45, 2.75) is 40.2 Å². The Morgan fingerprint density at radius 2 is 1.94 bits per heavy atom. The highest BCUT2D eigenvalue weighted by atomic mass is 14.9. The molecule has 1 rings (SSSR count). The molecule has 0 fully saturated rings. The van der Waals surface area contributed by atoms with Crippen molar-refractivity contribution in [1.29, 1.82) is 0 Å². The fourth-order valence-electron chi connectivity index (χ4n) is 2.14. The summed E-state index contributed by atoms with van der Waals surface area (Å²) < 4.78 is 0. The molecule has 0 saturated carbocycles. The van der Waals surface area contributed by atoms with Gasteiger partial charge in [0.1, 0.15) is 0 Å². The third kappa shape index (κ3) is 3.83. The van der Waals surface area contributed by atoms with Crippen molar-refractivity contribution >= 4 is 0 Å². The van der Waals surface area contributed by atoms with Crippen LogP contribution in [0.5, 0.6) is 0 Å². The molecule has 0 aliphatic carbocycles. The number of hydrogen-bond donors (Lipinski definition) is 2. The van der Waals surface area contributed by atoms with Crippen molar-refractivity contribution in [3.8, 4) is 0 Å². The van der Waals surface area contributed by atoms with Crippen LogP contribution in [0.25, 0.3) is 0 Å². The van der Waals surface area contributed by atoms with Gasteiger partial charge in [-0.1, -0.05) is 37.6 Å². The first-order valence-electron chi connectivity index (χ1n) is 6.34. The van der Waals surface area contributed by atoms with E-state index in [1.54, 1.807) is 0 Å². The average molecular weight is 234 g/mol. The fraction of sp³-hybridized carbons (Fsp3) is 0.600. The molecule has 3 N–H and O–H groups in total. The molecule has 0 aromatic heterocycles. The Bertz CT molecular complexity index is 369. The summed E-state index contributed by atoms with van der Waals surface area (Å²) in [5.41, 5.74) is 10.1. The molecule has 0 radical (unpaired) electrons. The van der Waals surface area contributed by atoms with E-state index in [4.69, 9.17) is 5.73 Å². The predicted molar refractivity (Wildman–Crippen MR) is 75.2 cm³/mol. The van der Waals surface area contributed by atoms with Gasteiger partial charge in [-0.25, -0.2) is 0 Å². The summed E-state index contributed by atoms with van der Waals surface area (Å²) in [7, 11) is 2.03. The molecule has 1 unspecified atom stereocenters. The molecule has 96 valence electrons. The second kappa shape index (κ2) is 5.65. The van der Waals surface area contributed by atoms with Crippen LogP contribution in [0.3, 0.4) is 0 Å². The highest BCUT2D eigenvalue weighted by Gasteiger charge is 2.23. The van der Waals surface area contributed by atoms with Crippen LogP contribution in [0.15, 0.2) is 18.2 Å².